The fraction of sp³-hybridized carbons (Fsp3) is 0.364. The van der Waals surface area contributed by atoms with Crippen LogP contribution in [0.4, 0.5) is 10.1 Å². The van der Waals surface area contributed by atoms with Crippen LogP contribution in [0, 0.1) is 11.2 Å². The summed E-state index contributed by atoms with van der Waals surface area (Å²) in [5, 5.41) is 3.55. The van der Waals surface area contributed by atoms with Crippen molar-refractivity contribution >= 4 is 17.2 Å². The number of anilines is 1. The van der Waals surface area contributed by atoms with Gasteiger partial charge in [-0.05, 0) is 94.8 Å². The Hall–Kier alpha value is -3.60. The van der Waals surface area contributed by atoms with E-state index in [1.807, 2.05) is 18.2 Å². The normalized spacial score (nSPS) is 15.1. The van der Waals surface area contributed by atoms with E-state index in [9.17, 15) is 4.79 Å². The number of halogens is 1. The Kier molecular flexibility index (Phi) is 8.55. The molecule has 0 saturated heterocycles. The Labute approximate surface area is 225 Å². The van der Waals surface area contributed by atoms with Gasteiger partial charge in [-0.25, -0.2) is 4.39 Å². The molecule has 4 nitrogen and oxygen atoms in total. The third-order valence-corrected chi connectivity index (χ3v) is 7.67. The van der Waals surface area contributed by atoms with Crippen LogP contribution in [-0.2, 0) is 16.1 Å². The van der Waals surface area contributed by atoms with Crippen LogP contribution in [0.2, 0.25) is 0 Å². The van der Waals surface area contributed by atoms with E-state index in [0.717, 1.165) is 47.2 Å². The predicted molar refractivity (Wildman–Crippen MR) is 153 cm³/mol. The molecule has 0 aliphatic heterocycles. The monoisotopic (exact) mass is 515 g/mol. The van der Waals surface area contributed by atoms with Crippen LogP contribution in [0.1, 0.15) is 69.1 Å². The van der Waals surface area contributed by atoms with Crippen molar-refractivity contribution in [1.29, 1.82) is 0 Å². The average Bonchev–Trinajstić information content (AvgIpc) is 3.29. The molecular formula is C33H38FNO3. The van der Waals surface area contributed by atoms with Gasteiger partial charge in [-0.2, -0.15) is 0 Å². The zero-order valence-electron chi connectivity index (χ0n) is 23.1. The van der Waals surface area contributed by atoms with Gasteiger partial charge in [0, 0.05) is 17.8 Å². The van der Waals surface area contributed by atoms with Crippen LogP contribution >= 0.6 is 0 Å². The van der Waals surface area contributed by atoms with Gasteiger partial charge in [0.25, 0.3) is 0 Å². The molecule has 0 bridgehead atoms. The van der Waals surface area contributed by atoms with Gasteiger partial charge in [-0.3, -0.25) is 4.79 Å². The summed E-state index contributed by atoms with van der Waals surface area (Å²) in [4.78, 5) is 11.9. The maximum absolute atomic E-state index is 15.0. The molecule has 0 fully saturated rings. The van der Waals surface area contributed by atoms with Crippen LogP contribution in [0.15, 0.2) is 66.7 Å². The summed E-state index contributed by atoms with van der Waals surface area (Å²) < 4.78 is 25.3. The fourth-order valence-electron chi connectivity index (χ4n) is 5.35. The van der Waals surface area contributed by atoms with Crippen molar-refractivity contribution in [2.24, 2.45) is 5.41 Å². The second-order valence-corrected chi connectivity index (χ2v) is 10.6. The third kappa shape index (κ3) is 6.09. The smallest absolute Gasteiger partial charge is 0.306 e. The molecule has 0 spiro atoms. The van der Waals surface area contributed by atoms with Crippen LogP contribution in [-0.4, -0.2) is 20.2 Å². The molecule has 1 atom stereocenters. The van der Waals surface area contributed by atoms with Crippen LogP contribution in [0.3, 0.4) is 0 Å². The summed E-state index contributed by atoms with van der Waals surface area (Å²) in [6.45, 7) is 7.22. The number of esters is 1. The third-order valence-electron chi connectivity index (χ3n) is 7.67. The average molecular weight is 516 g/mol. The number of allylic oxidation sites excluding steroid dienone is 2. The highest BCUT2D eigenvalue weighted by atomic mass is 19.1. The first-order valence-electron chi connectivity index (χ1n) is 13.3. The number of benzene rings is 3. The van der Waals surface area contributed by atoms with E-state index >= 15 is 4.39 Å². The summed E-state index contributed by atoms with van der Waals surface area (Å²) in [6.07, 6.45) is 5.61. The number of carbonyl (C=O) groups is 1. The maximum atomic E-state index is 15.0. The Balaban J connectivity index is 1.64. The number of ether oxygens (including phenoxy) is 2. The van der Waals surface area contributed by atoms with E-state index in [1.165, 1.54) is 18.7 Å². The number of nitrogens with one attached hydrogen (secondary N) is 1. The second-order valence-electron chi connectivity index (χ2n) is 10.6. The summed E-state index contributed by atoms with van der Waals surface area (Å²) in [6, 6.07) is 19.4. The van der Waals surface area contributed by atoms with Crippen LogP contribution in [0.25, 0.3) is 16.7 Å². The second kappa shape index (κ2) is 11.8. The molecule has 1 unspecified atom stereocenters. The Morgan fingerprint density at radius 2 is 1.84 bits per heavy atom. The molecule has 5 heteroatoms. The zero-order valence-corrected chi connectivity index (χ0v) is 23.1. The molecule has 4 rings (SSSR count). The van der Waals surface area contributed by atoms with Crippen molar-refractivity contribution in [2.75, 3.05) is 19.5 Å². The van der Waals surface area contributed by atoms with Crippen molar-refractivity contribution in [3.63, 3.8) is 0 Å². The molecule has 1 aliphatic carbocycles. The molecule has 0 radical (unpaired) electrons. The predicted octanol–water partition coefficient (Wildman–Crippen LogP) is 8.37. The van der Waals surface area contributed by atoms with Crippen LogP contribution < -0.4 is 10.1 Å². The van der Waals surface area contributed by atoms with E-state index in [1.54, 1.807) is 19.2 Å². The van der Waals surface area contributed by atoms with Gasteiger partial charge in [0.15, 0.2) is 0 Å². The van der Waals surface area contributed by atoms with E-state index in [0.29, 0.717) is 24.3 Å². The van der Waals surface area contributed by atoms with E-state index in [-0.39, 0.29) is 23.1 Å². The zero-order chi connectivity index (χ0) is 27.3. The van der Waals surface area contributed by atoms with Gasteiger partial charge < -0.3 is 14.8 Å². The Bertz CT molecular complexity index is 1330. The number of hydrogen-bond acceptors (Lipinski definition) is 4. The van der Waals surface area contributed by atoms with E-state index < -0.39 is 0 Å². The lowest BCUT2D eigenvalue weighted by molar-refractivity contribution is -0.141. The van der Waals surface area contributed by atoms with Gasteiger partial charge >= 0.3 is 5.97 Å². The van der Waals surface area contributed by atoms with Crippen molar-refractivity contribution in [1.82, 2.24) is 0 Å². The molecule has 1 N–H and O–H groups in total. The van der Waals surface area contributed by atoms with Gasteiger partial charge in [-0.15, -0.1) is 0 Å². The maximum Gasteiger partial charge on any atom is 0.306 e. The molecule has 0 amide bonds. The summed E-state index contributed by atoms with van der Waals surface area (Å²) >= 11 is 0. The lowest BCUT2D eigenvalue weighted by Crippen LogP contribution is -2.11. The fourth-order valence-corrected chi connectivity index (χ4v) is 5.35. The molecular weight excluding hydrogens is 477 g/mol. The number of carbonyl (C=O) groups excluding carboxylic acids is 1. The van der Waals surface area contributed by atoms with Crippen molar-refractivity contribution in [3.8, 4) is 16.9 Å². The minimum atomic E-state index is -0.261. The first-order valence-corrected chi connectivity index (χ1v) is 13.3. The molecule has 1 aliphatic rings. The topological polar surface area (TPSA) is 47.6 Å². The Morgan fingerprint density at radius 1 is 1.03 bits per heavy atom. The van der Waals surface area contributed by atoms with Crippen LogP contribution in [0.5, 0.6) is 5.75 Å². The molecule has 3 aromatic rings. The van der Waals surface area contributed by atoms with Crippen molar-refractivity contribution in [2.45, 2.75) is 58.9 Å². The standard InChI is InChI=1S/C33H38FNO3/c1-6-23(19-32(36)38-5)24-9-7-10-25(18-24)35-21-22-12-14-27(29-20-26(37-4)13-15-31(29)34)28(17-22)30-11-8-16-33(30,2)3/h7,9-15,17-18,20,23,35H,6,8,16,19,21H2,1-5H3. The highest BCUT2D eigenvalue weighted by molar-refractivity contribution is 5.85. The number of methoxy groups -OCH3 is 2. The molecule has 3 aromatic carbocycles. The summed E-state index contributed by atoms with van der Waals surface area (Å²) in [7, 11) is 3.03. The van der Waals surface area contributed by atoms with Gasteiger partial charge in [0.1, 0.15) is 11.6 Å². The Morgan fingerprint density at radius 3 is 2.53 bits per heavy atom. The quantitative estimate of drug-likeness (QED) is 0.276. The van der Waals surface area contributed by atoms with Gasteiger partial charge in [0.05, 0.1) is 20.6 Å². The highest BCUT2D eigenvalue weighted by Gasteiger charge is 2.30. The first-order chi connectivity index (χ1) is 18.2. The number of hydrogen-bond donors (Lipinski definition) is 1. The molecule has 0 saturated carbocycles. The summed E-state index contributed by atoms with van der Waals surface area (Å²) in [5.41, 5.74) is 6.99. The van der Waals surface area contributed by atoms with Gasteiger partial charge in [-0.1, -0.05) is 51.1 Å². The largest absolute Gasteiger partial charge is 0.497 e. The minimum absolute atomic E-state index is 0.0132. The first kappa shape index (κ1) is 27.4. The summed E-state index contributed by atoms with van der Waals surface area (Å²) in [5.74, 6) is 0.294. The molecule has 38 heavy (non-hydrogen) atoms. The lowest BCUT2D eigenvalue weighted by Gasteiger charge is -2.26. The van der Waals surface area contributed by atoms with E-state index in [2.05, 4.69) is 56.4 Å². The van der Waals surface area contributed by atoms with Gasteiger partial charge in [0.2, 0.25) is 0 Å². The minimum Gasteiger partial charge on any atom is -0.497 e. The SMILES string of the molecule is CCC(CC(=O)OC)c1cccc(NCc2ccc(-c3cc(OC)ccc3F)c(C3=CCCC3(C)C)c2)c1. The van der Waals surface area contributed by atoms with Crippen molar-refractivity contribution < 1.29 is 18.7 Å². The molecule has 200 valence electrons. The van der Waals surface area contributed by atoms with E-state index in [4.69, 9.17) is 9.47 Å². The van der Waals surface area contributed by atoms with Crippen molar-refractivity contribution in [3.05, 3.63) is 89.2 Å². The lowest BCUT2D eigenvalue weighted by atomic mass is 9.79. The molecule has 0 heterocycles. The highest BCUT2D eigenvalue weighted by Crippen LogP contribution is 2.47. The molecule has 0 aromatic heterocycles. The number of rotatable bonds is 10.